The zero-order chi connectivity index (χ0) is 90.6. The highest BCUT2D eigenvalue weighted by Gasteiger charge is 2.96. The molecule has 0 aromatic rings. The molecule has 0 saturated carbocycles. The lowest BCUT2D eigenvalue weighted by atomic mass is 10.1. The lowest BCUT2D eigenvalue weighted by molar-refractivity contribution is -0.613. The van der Waals surface area contributed by atoms with Crippen LogP contribution in [-0.4, -0.2) is 205 Å². The molecule has 660 valence electrons. The first-order valence-corrected chi connectivity index (χ1v) is 22.3. The van der Waals surface area contributed by atoms with Gasteiger partial charge in [0, 0.05) is 0 Å². The van der Waals surface area contributed by atoms with Crippen molar-refractivity contribution in [2.45, 2.75) is 193 Å². The number of carboxylic acid groups (broad SMARTS) is 1. The van der Waals surface area contributed by atoms with Crippen molar-refractivity contribution in [1.29, 1.82) is 0 Å². The van der Waals surface area contributed by atoms with Gasteiger partial charge in [-0.1, -0.05) is 0 Å². The molecule has 0 aliphatic carbocycles. The Labute approximate surface area is 543 Å². The van der Waals surface area contributed by atoms with E-state index in [1.807, 2.05) is 0 Å². The molecule has 77 heteroatoms. The minimum absolute atomic E-state index is 0.252. The highest BCUT2D eigenvalue weighted by atomic mass is 19.5. The van der Waals surface area contributed by atoms with E-state index in [-0.39, 0.29) is 14.2 Å². The molecule has 0 saturated heterocycles. The fourth-order valence-electron chi connectivity index (χ4n) is 5.35. The molecule has 0 aromatic heterocycles. The normalized spacial score (nSPS) is 21.4. The van der Waals surface area contributed by atoms with Gasteiger partial charge >= 0.3 is 199 Å². The summed E-state index contributed by atoms with van der Waals surface area (Å²) in [5.74, 6) is -114. The minimum Gasteiger partial charge on any atom is -0.477 e. The molecule has 0 aliphatic heterocycles. The maximum absolute atomic E-state index is 15.2. The first kappa shape index (κ1) is 105. The molecule has 12 nitrogen and oxygen atoms in total. The van der Waals surface area contributed by atoms with Crippen LogP contribution in [0.5, 0.6) is 0 Å². The fourth-order valence-corrected chi connectivity index (χ4v) is 5.35. The van der Waals surface area contributed by atoms with Gasteiger partial charge in [0.05, 0.1) is 0 Å². The summed E-state index contributed by atoms with van der Waals surface area (Å²) in [4.78, 5) is 10.5. The molecule has 0 amide bonds. The highest BCUT2D eigenvalue weighted by molar-refractivity contribution is 5.76. The number of rotatable bonds is 31. The van der Waals surface area contributed by atoms with E-state index in [2.05, 4.69) is 0 Å². The summed E-state index contributed by atoms with van der Waals surface area (Å²) in [6.07, 6.45) is -206. The molecule has 0 spiro atoms. The zero-order valence-electron chi connectivity index (χ0n) is 46.0. The third-order valence-corrected chi connectivity index (χ3v) is 10.7. The molecular formula is C33HF65O12. The Balaban J connectivity index is 8.94. The number of hydrogen-bond acceptors (Lipinski definition) is 11. The summed E-state index contributed by atoms with van der Waals surface area (Å²) in [7, 11) is 0. The van der Waals surface area contributed by atoms with Crippen molar-refractivity contribution >= 4 is 5.97 Å². The molecule has 110 heavy (non-hydrogen) atoms. The predicted octanol–water partition coefficient (Wildman–Crippen LogP) is 19.6. The van der Waals surface area contributed by atoms with Crippen LogP contribution in [0.1, 0.15) is 0 Å². The van der Waals surface area contributed by atoms with Crippen LogP contribution >= 0.6 is 0 Å². The molecule has 10 unspecified atom stereocenters. The van der Waals surface area contributed by atoms with E-state index in [1.165, 1.54) is 0 Å². The van der Waals surface area contributed by atoms with Crippen molar-refractivity contribution in [2.75, 3.05) is 0 Å². The van der Waals surface area contributed by atoms with Crippen LogP contribution in [0.3, 0.4) is 0 Å². The van der Waals surface area contributed by atoms with Gasteiger partial charge in [0.1, 0.15) is 0 Å². The number of aliphatic carboxylic acids is 1. The molecular weight excluding hydrogens is 1820 g/mol. The van der Waals surface area contributed by atoms with Crippen LogP contribution in [0, 0.1) is 0 Å². The lowest BCUT2D eigenvalue weighted by Crippen LogP contribution is -2.74. The van der Waals surface area contributed by atoms with E-state index in [0.29, 0.717) is 28.4 Å². The average molecular weight is 1820 g/mol. The molecule has 0 fully saturated rings. The molecule has 0 rings (SSSR count). The largest absolute Gasteiger partial charge is 0.477 e. The van der Waals surface area contributed by atoms with Gasteiger partial charge in [-0.05, 0) is 0 Å². The first-order chi connectivity index (χ1) is 46.3. The second-order valence-electron chi connectivity index (χ2n) is 18.5. The zero-order valence-corrected chi connectivity index (χ0v) is 46.0. The summed E-state index contributed by atoms with van der Waals surface area (Å²) >= 11 is 0. The number of halogens is 65. The Morgan fingerprint density at radius 1 is 0.145 bits per heavy atom. The molecule has 1 N–H and O–H groups in total. The van der Waals surface area contributed by atoms with Crippen molar-refractivity contribution in [2.24, 2.45) is 0 Å². The van der Waals surface area contributed by atoms with E-state index < -0.39 is 199 Å². The van der Waals surface area contributed by atoms with E-state index in [1.54, 1.807) is 0 Å². The topological polar surface area (TPSA) is 130 Å². The Kier molecular flexibility index (Phi) is 26.0. The van der Waals surface area contributed by atoms with Crippen LogP contribution in [0.15, 0.2) is 0 Å². The predicted molar refractivity (Wildman–Crippen MR) is 178 cm³/mol. The summed E-state index contributed by atoms with van der Waals surface area (Å²) in [5.41, 5.74) is 0. The fraction of sp³-hybridized carbons (Fsp3) is 0.970. The average Bonchev–Trinajstić information content (AvgIpc) is 0.707. The van der Waals surface area contributed by atoms with Gasteiger partial charge in [-0.2, -0.15) is 285 Å². The SMILES string of the molecule is O=C(O)C(F)(OC(F)(F)C(F)(OC(F)(F)C(F)(OC(F)(F)C(F)(OC(F)(F)C(F)(OC(F)(F)C(F)(OC(F)(F)C(F)(OC(F)(F)C(F)(OC(F)(F)C(F)(OC(F)(F)C(F)(OC(F)(F)C(F)(F)C(F)(F)F)C(F)(F)F)C(F)(F)F)C(F)(F)F)C(F)(F)F)C(F)(F)F)C(F)(F)F)C(F)(F)F)C(F)(F)F)C(F)(F)F)C(F)(F)F. The van der Waals surface area contributed by atoms with Crippen molar-refractivity contribution in [3.8, 4) is 0 Å². The molecule has 10 atom stereocenters. The van der Waals surface area contributed by atoms with Crippen molar-refractivity contribution in [3.05, 3.63) is 0 Å². The number of hydrogen-bond donors (Lipinski definition) is 1. The van der Waals surface area contributed by atoms with Crippen LogP contribution in [-0.2, 0) is 52.2 Å². The second kappa shape index (κ2) is 27.3. The van der Waals surface area contributed by atoms with Gasteiger partial charge in [0.2, 0.25) is 0 Å². The number of carboxylic acids is 1. The van der Waals surface area contributed by atoms with Crippen molar-refractivity contribution in [3.63, 3.8) is 0 Å². The van der Waals surface area contributed by atoms with Crippen LogP contribution in [0.4, 0.5) is 285 Å². The maximum Gasteiger partial charge on any atom is 0.462 e. The first-order valence-electron chi connectivity index (χ1n) is 22.3. The van der Waals surface area contributed by atoms with Gasteiger partial charge in [-0.15, -0.1) is 0 Å². The quantitative estimate of drug-likeness (QED) is 0.0663. The number of ether oxygens (including phenoxy) is 10. The van der Waals surface area contributed by atoms with Crippen LogP contribution in [0.2, 0.25) is 0 Å². The summed E-state index contributed by atoms with van der Waals surface area (Å²) in [6.45, 7) is 0. The second-order valence-corrected chi connectivity index (χ2v) is 18.5. The Bertz CT molecular complexity index is 3200. The number of alkyl halides is 65. The summed E-state index contributed by atoms with van der Waals surface area (Å²) < 4.78 is 911. The third-order valence-electron chi connectivity index (χ3n) is 10.7. The van der Waals surface area contributed by atoms with Gasteiger partial charge in [0.15, 0.2) is 0 Å². The molecule has 0 aliphatic rings. The summed E-state index contributed by atoms with van der Waals surface area (Å²) in [5, 5.41) is 8.03. The molecule has 0 radical (unpaired) electrons. The standard InChI is InChI=1S/C33HF65O12/c34-2(1(99)100,13(46,47)48)101-25(81,82)4(37,15(52,53)54)103-27(85,86)6(39,17(58,59)60)105-29(89,90)8(41,19(64,65)66)107-31(93,94)10(43,21(70,71)72)109-33(97,98)12(45,23(76,77)78)110-32(95,96)11(44,22(73,74)75)108-30(91,92)9(42,20(67,68)69)106-28(87,88)7(40,18(61,62)63)104-26(83,84)5(38,16(55,56)57)102-24(79,80)3(35,36)14(49,50)51/h(H,99,100). The lowest BCUT2D eigenvalue weighted by Gasteiger charge is -2.46. The van der Waals surface area contributed by atoms with E-state index in [4.69, 9.17) is 5.11 Å². The Morgan fingerprint density at radius 2 is 0.245 bits per heavy atom. The summed E-state index contributed by atoms with van der Waals surface area (Å²) in [6, 6.07) is 0. The van der Waals surface area contributed by atoms with Crippen molar-refractivity contribution in [1.82, 2.24) is 0 Å². The highest BCUT2D eigenvalue weighted by Crippen LogP contribution is 2.67. The minimum atomic E-state index is -10.6. The van der Waals surface area contributed by atoms with E-state index >= 15 is 22.0 Å². The maximum atomic E-state index is 15.2. The van der Waals surface area contributed by atoms with Gasteiger partial charge in [0.25, 0.3) is 0 Å². The Hall–Kier alpha value is -5.48. The van der Waals surface area contributed by atoms with Crippen LogP contribution in [0.25, 0.3) is 0 Å². The third kappa shape index (κ3) is 17.0. The number of carbonyl (C=O) groups is 1. The van der Waals surface area contributed by atoms with E-state index in [9.17, 15) is 268 Å². The van der Waals surface area contributed by atoms with Gasteiger partial charge < -0.3 is 5.11 Å². The smallest absolute Gasteiger partial charge is 0.462 e. The van der Waals surface area contributed by atoms with Gasteiger partial charge in [-0.3, -0.25) is 47.4 Å². The molecule has 0 heterocycles. The van der Waals surface area contributed by atoms with Crippen molar-refractivity contribution < 1.29 is 343 Å². The van der Waals surface area contributed by atoms with Crippen LogP contribution < -0.4 is 0 Å². The molecule has 0 bridgehead atoms. The molecule has 0 aromatic carbocycles. The monoisotopic (exact) mass is 1820 g/mol. The van der Waals surface area contributed by atoms with Gasteiger partial charge in [-0.25, -0.2) is 4.79 Å². The van der Waals surface area contributed by atoms with E-state index in [0.717, 1.165) is 4.74 Å². The Morgan fingerprint density at radius 3 is 0.327 bits per heavy atom.